The number of rotatable bonds is 2. The van der Waals surface area contributed by atoms with E-state index in [1.165, 1.54) is 0 Å². The zero-order valence-electron chi connectivity index (χ0n) is 11.2. The van der Waals surface area contributed by atoms with Crippen LogP contribution >= 0.6 is 15.9 Å². The second-order valence-corrected chi connectivity index (χ2v) is 5.89. The van der Waals surface area contributed by atoms with E-state index in [1.54, 1.807) is 0 Å². The van der Waals surface area contributed by atoms with E-state index < -0.39 is 5.60 Å². The van der Waals surface area contributed by atoms with Crippen molar-refractivity contribution in [3.63, 3.8) is 0 Å². The maximum Gasteiger partial charge on any atom is 0.131 e. The van der Waals surface area contributed by atoms with E-state index in [1.807, 2.05) is 49.5 Å². The molecule has 0 aromatic heterocycles. The van der Waals surface area contributed by atoms with Crippen LogP contribution in [0.1, 0.15) is 16.7 Å². The topological polar surface area (TPSA) is 41.5 Å². The van der Waals surface area contributed by atoms with Crippen LogP contribution in [0, 0.1) is 0 Å². The third kappa shape index (κ3) is 2.14. The van der Waals surface area contributed by atoms with Gasteiger partial charge in [0.05, 0.1) is 0 Å². The summed E-state index contributed by atoms with van der Waals surface area (Å²) in [6.45, 7) is 0.896. The molecule has 2 N–H and O–H groups in total. The maximum atomic E-state index is 11.3. The number of nitrogens with one attached hydrogen (secondary N) is 1. The largest absolute Gasteiger partial charge is 0.488 e. The van der Waals surface area contributed by atoms with Crippen LogP contribution < -0.4 is 10.1 Å². The molecule has 4 heteroatoms. The molecule has 1 atom stereocenters. The van der Waals surface area contributed by atoms with Gasteiger partial charge >= 0.3 is 0 Å². The molecule has 0 fully saturated rings. The van der Waals surface area contributed by atoms with Crippen LogP contribution in [0.5, 0.6) is 5.75 Å². The Kier molecular flexibility index (Phi) is 3.54. The smallest absolute Gasteiger partial charge is 0.131 e. The Morgan fingerprint density at radius 3 is 2.85 bits per heavy atom. The molecule has 0 spiro atoms. The van der Waals surface area contributed by atoms with Crippen molar-refractivity contribution in [1.82, 2.24) is 5.32 Å². The van der Waals surface area contributed by atoms with Gasteiger partial charge in [-0.05, 0) is 36.4 Å². The van der Waals surface area contributed by atoms with Gasteiger partial charge in [0, 0.05) is 16.6 Å². The minimum atomic E-state index is -1.10. The van der Waals surface area contributed by atoms with Crippen LogP contribution in [0.4, 0.5) is 0 Å². The van der Waals surface area contributed by atoms with E-state index in [9.17, 15) is 5.11 Å². The lowest BCUT2D eigenvalue weighted by atomic mass is 9.84. The van der Waals surface area contributed by atoms with Crippen LogP contribution in [-0.2, 0) is 12.2 Å². The number of fused-ring (bicyclic) bond motifs is 2. The Morgan fingerprint density at radius 1 is 1.25 bits per heavy atom. The molecule has 0 saturated heterocycles. The van der Waals surface area contributed by atoms with Crippen LogP contribution in [0.25, 0.3) is 0 Å². The summed E-state index contributed by atoms with van der Waals surface area (Å²) < 4.78 is 6.79. The number of ether oxygens (including phenoxy) is 1. The first-order chi connectivity index (χ1) is 9.65. The van der Waals surface area contributed by atoms with E-state index in [4.69, 9.17) is 4.74 Å². The summed E-state index contributed by atoms with van der Waals surface area (Å²) in [6, 6.07) is 13.6. The van der Waals surface area contributed by atoms with Crippen molar-refractivity contribution in [1.29, 1.82) is 0 Å². The number of benzene rings is 2. The highest BCUT2D eigenvalue weighted by molar-refractivity contribution is 9.10. The van der Waals surface area contributed by atoms with Gasteiger partial charge in [-0.2, -0.15) is 0 Å². The Labute approximate surface area is 126 Å². The molecule has 0 radical (unpaired) electrons. The minimum Gasteiger partial charge on any atom is -0.488 e. The average molecular weight is 334 g/mol. The summed E-state index contributed by atoms with van der Waals surface area (Å²) in [6.07, 6.45) is 0. The molecule has 0 saturated carbocycles. The van der Waals surface area contributed by atoms with Crippen LogP contribution in [-0.4, -0.2) is 18.7 Å². The highest BCUT2D eigenvalue weighted by Gasteiger charge is 2.37. The van der Waals surface area contributed by atoms with Gasteiger partial charge in [-0.15, -0.1) is 0 Å². The summed E-state index contributed by atoms with van der Waals surface area (Å²) >= 11 is 3.47. The highest BCUT2D eigenvalue weighted by atomic mass is 79.9. The molecule has 104 valence electrons. The lowest BCUT2D eigenvalue weighted by Crippen LogP contribution is -2.38. The molecule has 1 aliphatic rings. The number of hydrogen-bond donors (Lipinski definition) is 2. The number of likely N-dealkylation sites (N-methyl/N-ethyl adjacent to an activating group) is 1. The zero-order chi connectivity index (χ0) is 14.2. The van der Waals surface area contributed by atoms with Crippen molar-refractivity contribution in [3.05, 3.63) is 63.6 Å². The fourth-order valence-electron chi connectivity index (χ4n) is 2.75. The summed E-state index contributed by atoms with van der Waals surface area (Å²) in [7, 11) is 1.84. The Bertz CT molecular complexity index is 644. The fourth-order valence-corrected chi connectivity index (χ4v) is 3.11. The highest BCUT2D eigenvalue weighted by Crippen LogP contribution is 2.41. The van der Waals surface area contributed by atoms with Gasteiger partial charge in [0.15, 0.2) is 0 Å². The van der Waals surface area contributed by atoms with Gasteiger partial charge in [-0.3, -0.25) is 0 Å². The predicted molar refractivity (Wildman–Crippen MR) is 81.8 cm³/mol. The number of aliphatic hydroxyl groups is 1. The molecule has 2 aromatic carbocycles. The summed E-state index contributed by atoms with van der Waals surface area (Å²) in [5, 5.41) is 14.4. The minimum absolute atomic E-state index is 0.427. The Hall–Kier alpha value is -1.36. The third-order valence-corrected chi connectivity index (χ3v) is 4.16. The molecule has 1 heterocycles. The normalized spacial score (nSPS) is 20.6. The molecule has 20 heavy (non-hydrogen) atoms. The van der Waals surface area contributed by atoms with E-state index in [2.05, 4.69) is 21.2 Å². The average Bonchev–Trinajstić information content (AvgIpc) is 2.57. The predicted octanol–water partition coefficient (Wildman–Crippen LogP) is 2.80. The lowest BCUT2D eigenvalue weighted by Gasteiger charge is -2.29. The van der Waals surface area contributed by atoms with Gasteiger partial charge in [0.2, 0.25) is 0 Å². The fraction of sp³-hybridized carbons (Fsp3) is 0.250. The van der Waals surface area contributed by atoms with Crippen LogP contribution in [0.15, 0.2) is 46.9 Å². The molecule has 0 bridgehead atoms. The lowest BCUT2D eigenvalue weighted by molar-refractivity contribution is 0.0815. The first-order valence-electron chi connectivity index (χ1n) is 6.53. The number of halogens is 1. The van der Waals surface area contributed by atoms with Crippen molar-refractivity contribution >= 4 is 15.9 Å². The van der Waals surface area contributed by atoms with Crippen molar-refractivity contribution in [2.75, 3.05) is 13.6 Å². The summed E-state index contributed by atoms with van der Waals surface area (Å²) in [5.74, 6) is 0.724. The molecule has 0 aliphatic carbocycles. The van der Waals surface area contributed by atoms with Gasteiger partial charge in [0.25, 0.3) is 0 Å². The quantitative estimate of drug-likeness (QED) is 0.887. The van der Waals surface area contributed by atoms with Crippen molar-refractivity contribution < 1.29 is 9.84 Å². The van der Waals surface area contributed by atoms with Gasteiger partial charge in [-0.1, -0.05) is 40.2 Å². The number of hydrogen-bond acceptors (Lipinski definition) is 3. The van der Waals surface area contributed by atoms with Gasteiger partial charge in [-0.25, -0.2) is 0 Å². The molecule has 2 aromatic rings. The van der Waals surface area contributed by atoms with E-state index >= 15 is 0 Å². The van der Waals surface area contributed by atoms with Gasteiger partial charge < -0.3 is 15.2 Å². The van der Waals surface area contributed by atoms with E-state index in [0.29, 0.717) is 13.2 Å². The third-order valence-electron chi connectivity index (χ3n) is 3.67. The first-order valence-corrected chi connectivity index (χ1v) is 7.32. The first kappa shape index (κ1) is 13.6. The second-order valence-electron chi connectivity index (χ2n) is 4.98. The van der Waals surface area contributed by atoms with Crippen molar-refractivity contribution in [3.8, 4) is 5.75 Å². The standard InChI is InChI=1S/C16H16BrNO2/c1-18-10-16(19)13-5-3-2-4-11(13)9-20-15-7-6-12(17)8-14(15)16/h2-8,18-19H,9-10H2,1H3. The van der Waals surface area contributed by atoms with Crippen LogP contribution in [0.2, 0.25) is 0 Å². The summed E-state index contributed by atoms with van der Waals surface area (Å²) in [5.41, 5.74) is 1.59. The van der Waals surface area contributed by atoms with E-state index in [0.717, 1.165) is 26.9 Å². The molecular weight excluding hydrogens is 318 g/mol. The van der Waals surface area contributed by atoms with Crippen LogP contribution in [0.3, 0.4) is 0 Å². The maximum absolute atomic E-state index is 11.3. The molecule has 1 aliphatic heterocycles. The molecule has 3 nitrogen and oxygen atoms in total. The second kappa shape index (κ2) is 5.20. The Balaban J connectivity index is 2.27. The van der Waals surface area contributed by atoms with Crippen molar-refractivity contribution in [2.24, 2.45) is 0 Å². The Morgan fingerprint density at radius 2 is 2.05 bits per heavy atom. The van der Waals surface area contributed by atoms with E-state index in [-0.39, 0.29) is 0 Å². The SMILES string of the molecule is CNCC1(O)c2ccccc2COc2ccc(Br)cc21. The molecular formula is C16H16BrNO2. The zero-order valence-corrected chi connectivity index (χ0v) is 12.8. The molecule has 1 unspecified atom stereocenters. The summed E-state index contributed by atoms with van der Waals surface area (Å²) in [4.78, 5) is 0. The van der Waals surface area contributed by atoms with Crippen molar-refractivity contribution in [2.45, 2.75) is 12.2 Å². The monoisotopic (exact) mass is 333 g/mol. The molecule has 3 rings (SSSR count). The molecule has 0 amide bonds. The van der Waals surface area contributed by atoms with Gasteiger partial charge in [0.1, 0.15) is 18.0 Å².